The van der Waals surface area contributed by atoms with E-state index >= 15 is 0 Å². The van der Waals surface area contributed by atoms with Gasteiger partial charge in [0.1, 0.15) is 5.25 Å². The zero-order valence-electron chi connectivity index (χ0n) is 7.63. The van der Waals surface area contributed by atoms with Crippen molar-refractivity contribution < 1.29 is 22.7 Å². The first-order chi connectivity index (χ1) is 6.41. The first-order valence-corrected chi connectivity index (χ1v) is 5.00. The summed E-state index contributed by atoms with van der Waals surface area (Å²) >= 11 is 0.452. The van der Waals surface area contributed by atoms with Crippen molar-refractivity contribution in [2.75, 3.05) is 18.9 Å². The second-order valence-electron chi connectivity index (χ2n) is 2.38. The molecule has 84 valence electrons. The molecule has 7 heteroatoms. The van der Waals surface area contributed by atoms with Crippen molar-refractivity contribution in [3.05, 3.63) is 0 Å². The predicted octanol–water partition coefficient (Wildman–Crippen LogP) is 1.17. The van der Waals surface area contributed by atoms with E-state index in [1.807, 2.05) is 0 Å². The summed E-state index contributed by atoms with van der Waals surface area (Å²) in [6.45, 7) is 1.22. The summed E-state index contributed by atoms with van der Waals surface area (Å²) in [7, 11) is 0. The van der Waals surface area contributed by atoms with Gasteiger partial charge in [0, 0.05) is 6.54 Å². The van der Waals surface area contributed by atoms with Gasteiger partial charge in [0.05, 0.1) is 12.4 Å². The number of alkyl halides is 3. The van der Waals surface area contributed by atoms with Crippen molar-refractivity contribution in [1.29, 1.82) is 0 Å². The van der Waals surface area contributed by atoms with E-state index in [1.165, 1.54) is 0 Å². The summed E-state index contributed by atoms with van der Waals surface area (Å²) in [6.07, 6.45) is -4.37. The van der Waals surface area contributed by atoms with Gasteiger partial charge in [-0.1, -0.05) is 0 Å². The Morgan fingerprint density at radius 2 is 2.14 bits per heavy atom. The Hall–Kier alpha value is -0.430. The molecule has 0 aromatic carbocycles. The fourth-order valence-corrected chi connectivity index (χ4v) is 1.41. The largest absolute Gasteiger partial charge is 0.465 e. The Bertz CT molecular complexity index is 186. The van der Waals surface area contributed by atoms with E-state index in [4.69, 9.17) is 5.73 Å². The molecule has 0 heterocycles. The second-order valence-corrected chi connectivity index (χ2v) is 3.57. The quantitative estimate of drug-likeness (QED) is 0.722. The molecule has 0 aliphatic heterocycles. The molecule has 0 aromatic heterocycles. The van der Waals surface area contributed by atoms with Gasteiger partial charge in [0.2, 0.25) is 0 Å². The lowest BCUT2D eigenvalue weighted by atomic mass is 10.4. The zero-order chi connectivity index (χ0) is 11.2. The Morgan fingerprint density at radius 1 is 1.57 bits per heavy atom. The SMILES string of the molecule is CCOC(=O)CS[C@@H](CN)C(F)(F)F. The monoisotopic (exact) mass is 231 g/mol. The molecule has 1 atom stereocenters. The van der Waals surface area contributed by atoms with Crippen molar-refractivity contribution in [3.63, 3.8) is 0 Å². The van der Waals surface area contributed by atoms with E-state index in [0.717, 1.165) is 0 Å². The smallest absolute Gasteiger partial charge is 0.401 e. The summed E-state index contributed by atoms with van der Waals surface area (Å²) in [5, 5.41) is -1.70. The molecule has 0 amide bonds. The van der Waals surface area contributed by atoms with Gasteiger partial charge in [0.25, 0.3) is 0 Å². The van der Waals surface area contributed by atoms with Crippen LogP contribution in [0.25, 0.3) is 0 Å². The minimum absolute atomic E-state index is 0.165. The van der Waals surface area contributed by atoms with Crippen LogP contribution in [0.5, 0.6) is 0 Å². The summed E-state index contributed by atoms with van der Waals surface area (Å²) in [5.41, 5.74) is 4.93. The van der Waals surface area contributed by atoms with E-state index in [1.54, 1.807) is 6.92 Å². The van der Waals surface area contributed by atoms with Crippen LogP contribution >= 0.6 is 11.8 Å². The molecule has 3 nitrogen and oxygen atoms in total. The van der Waals surface area contributed by atoms with Gasteiger partial charge in [0.15, 0.2) is 0 Å². The highest BCUT2D eigenvalue weighted by Gasteiger charge is 2.39. The topological polar surface area (TPSA) is 52.3 Å². The van der Waals surface area contributed by atoms with Crippen molar-refractivity contribution >= 4 is 17.7 Å². The van der Waals surface area contributed by atoms with Crippen LogP contribution in [0, 0.1) is 0 Å². The van der Waals surface area contributed by atoms with Gasteiger partial charge >= 0.3 is 12.1 Å². The van der Waals surface area contributed by atoms with E-state index in [-0.39, 0.29) is 12.4 Å². The van der Waals surface area contributed by atoms with Crippen LogP contribution in [0.1, 0.15) is 6.92 Å². The normalized spacial score (nSPS) is 13.8. The Kier molecular flexibility index (Phi) is 5.94. The van der Waals surface area contributed by atoms with Gasteiger partial charge < -0.3 is 10.5 Å². The lowest BCUT2D eigenvalue weighted by molar-refractivity contribution is -0.139. The van der Waals surface area contributed by atoms with Crippen LogP contribution in [0.15, 0.2) is 0 Å². The lowest BCUT2D eigenvalue weighted by Gasteiger charge is -2.17. The van der Waals surface area contributed by atoms with Crippen LogP contribution in [0.4, 0.5) is 13.2 Å². The molecular weight excluding hydrogens is 219 g/mol. The Labute approximate surface area is 84.2 Å². The van der Waals surface area contributed by atoms with Crippen molar-refractivity contribution in [3.8, 4) is 0 Å². The molecule has 0 bridgehead atoms. The van der Waals surface area contributed by atoms with Gasteiger partial charge in [-0.3, -0.25) is 4.79 Å². The summed E-state index contributed by atoms with van der Waals surface area (Å²) in [4.78, 5) is 10.7. The highest BCUT2D eigenvalue weighted by atomic mass is 32.2. The number of carbonyl (C=O) groups excluding carboxylic acids is 1. The molecule has 0 saturated heterocycles. The van der Waals surface area contributed by atoms with Gasteiger partial charge in [-0.25, -0.2) is 0 Å². The predicted molar refractivity (Wildman–Crippen MR) is 48.0 cm³/mol. The molecule has 0 radical (unpaired) electrons. The van der Waals surface area contributed by atoms with Crippen LogP contribution in [-0.4, -0.2) is 36.3 Å². The van der Waals surface area contributed by atoms with Crippen molar-refractivity contribution in [2.24, 2.45) is 5.73 Å². The standard InChI is InChI=1S/C7H12F3NO2S/c1-2-13-6(12)4-14-5(3-11)7(8,9)10/h5H,2-4,11H2,1H3/t5-/m0/s1. The molecular formula is C7H12F3NO2S. The number of hydrogen-bond donors (Lipinski definition) is 1. The van der Waals surface area contributed by atoms with E-state index in [0.29, 0.717) is 11.8 Å². The number of nitrogens with two attached hydrogens (primary N) is 1. The molecule has 0 aliphatic carbocycles. The number of thioether (sulfide) groups is 1. The van der Waals surface area contributed by atoms with Gasteiger partial charge in [-0.05, 0) is 6.92 Å². The second kappa shape index (κ2) is 6.13. The first-order valence-electron chi connectivity index (χ1n) is 3.95. The van der Waals surface area contributed by atoms with E-state index in [2.05, 4.69) is 4.74 Å². The Balaban J connectivity index is 3.91. The molecule has 0 fully saturated rings. The average Bonchev–Trinajstić information content (AvgIpc) is 2.03. The van der Waals surface area contributed by atoms with Gasteiger partial charge in [-0.15, -0.1) is 11.8 Å². The summed E-state index contributed by atoms with van der Waals surface area (Å²) in [5.74, 6) is -0.977. The van der Waals surface area contributed by atoms with Crippen LogP contribution in [0.2, 0.25) is 0 Å². The molecule has 0 aromatic rings. The van der Waals surface area contributed by atoms with Crippen LogP contribution < -0.4 is 5.73 Å². The summed E-state index contributed by atoms with van der Waals surface area (Å²) in [6, 6.07) is 0. The molecule has 2 N–H and O–H groups in total. The maximum absolute atomic E-state index is 12.1. The maximum atomic E-state index is 12.1. The molecule has 14 heavy (non-hydrogen) atoms. The molecule has 0 unspecified atom stereocenters. The van der Waals surface area contributed by atoms with E-state index < -0.39 is 23.9 Å². The molecule has 0 rings (SSSR count). The first kappa shape index (κ1) is 13.6. The van der Waals surface area contributed by atoms with Gasteiger partial charge in [-0.2, -0.15) is 13.2 Å². The number of hydrogen-bond acceptors (Lipinski definition) is 4. The highest BCUT2D eigenvalue weighted by molar-refractivity contribution is 8.00. The average molecular weight is 231 g/mol. The highest BCUT2D eigenvalue weighted by Crippen LogP contribution is 2.29. The number of rotatable bonds is 5. The van der Waals surface area contributed by atoms with Crippen molar-refractivity contribution in [1.82, 2.24) is 0 Å². The molecule has 0 aliphatic rings. The van der Waals surface area contributed by atoms with Crippen molar-refractivity contribution in [2.45, 2.75) is 18.3 Å². The molecule has 0 saturated carbocycles. The number of ether oxygens (including phenoxy) is 1. The fourth-order valence-electron chi connectivity index (χ4n) is 0.667. The zero-order valence-corrected chi connectivity index (χ0v) is 8.45. The lowest BCUT2D eigenvalue weighted by Crippen LogP contribution is -2.34. The minimum Gasteiger partial charge on any atom is -0.465 e. The third-order valence-corrected chi connectivity index (χ3v) is 2.55. The Morgan fingerprint density at radius 3 is 2.50 bits per heavy atom. The number of halogens is 3. The minimum atomic E-state index is -4.37. The van der Waals surface area contributed by atoms with Crippen LogP contribution in [0.3, 0.4) is 0 Å². The third-order valence-electron chi connectivity index (χ3n) is 1.29. The number of carbonyl (C=O) groups is 1. The van der Waals surface area contributed by atoms with E-state index in [9.17, 15) is 18.0 Å². The number of esters is 1. The maximum Gasteiger partial charge on any atom is 0.401 e. The van der Waals surface area contributed by atoms with Crippen LogP contribution in [-0.2, 0) is 9.53 Å². The third kappa shape index (κ3) is 5.33. The molecule has 0 spiro atoms. The fraction of sp³-hybridized carbons (Fsp3) is 0.857. The summed E-state index contributed by atoms with van der Waals surface area (Å²) < 4.78 is 40.8.